The van der Waals surface area contributed by atoms with Crippen molar-refractivity contribution in [2.45, 2.75) is 6.92 Å². The Bertz CT molecular complexity index is 510. The zero-order chi connectivity index (χ0) is 11.5. The molecule has 2 aromatic rings. The second-order valence-electron chi connectivity index (χ2n) is 3.33. The third-order valence-corrected chi connectivity index (χ3v) is 2.55. The number of nitrogen functional groups attached to an aromatic ring is 1. The lowest BCUT2D eigenvalue weighted by molar-refractivity contribution is 0.102. The van der Waals surface area contributed by atoms with E-state index in [1.165, 1.54) is 0 Å². The maximum Gasteiger partial charge on any atom is 0.277 e. The predicted molar refractivity (Wildman–Crippen MR) is 63.5 cm³/mol. The van der Waals surface area contributed by atoms with Crippen molar-refractivity contribution in [1.82, 2.24) is 9.59 Å². The summed E-state index contributed by atoms with van der Waals surface area (Å²) in [5.74, 6) is -0.300. The molecule has 1 heterocycles. The van der Waals surface area contributed by atoms with Gasteiger partial charge in [0.05, 0.1) is 11.4 Å². The molecule has 0 unspecified atom stereocenters. The Morgan fingerprint density at radius 2 is 2.31 bits per heavy atom. The number of amides is 1. The number of nitrogens with two attached hydrogens (primary N) is 1. The summed E-state index contributed by atoms with van der Waals surface area (Å²) in [7, 11) is 0. The summed E-state index contributed by atoms with van der Waals surface area (Å²) in [6.07, 6.45) is 0. The average Bonchev–Trinajstić information content (AvgIpc) is 2.76. The Kier molecular flexibility index (Phi) is 2.82. The van der Waals surface area contributed by atoms with Crippen molar-refractivity contribution >= 4 is 28.8 Å². The van der Waals surface area contributed by atoms with Crippen molar-refractivity contribution in [3.63, 3.8) is 0 Å². The summed E-state index contributed by atoms with van der Waals surface area (Å²) in [5.41, 5.74) is 8.19. The van der Waals surface area contributed by atoms with Crippen LogP contribution in [0.5, 0.6) is 0 Å². The highest BCUT2D eigenvalue weighted by atomic mass is 32.1. The summed E-state index contributed by atoms with van der Waals surface area (Å²) in [5, 5.41) is 7.96. The van der Waals surface area contributed by atoms with Gasteiger partial charge in [0.15, 0.2) is 5.69 Å². The van der Waals surface area contributed by atoms with Crippen LogP contribution in [0.2, 0.25) is 0 Å². The van der Waals surface area contributed by atoms with Crippen LogP contribution in [0.3, 0.4) is 0 Å². The first-order valence-electron chi connectivity index (χ1n) is 4.61. The third-order valence-electron chi connectivity index (χ3n) is 2.05. The molecule has 0 aliphatic heterocycles. The molecule has 0 atom stereocenters. The highest BCUT2D eigenvalue weighted by Gasteiger charge is 2.10. The number of hydrogen-bond acceptors (Lipinski definition) is 5. The lowest BCUT2D eigenvalue weighted by Gasteiger charge is -2.07. The zero-order valence-corrected chi connectivity index (χ0v) is 9.41. The van der Waals surface area contributed by atoms with Crippen LogP contribution in [0.15, 0.2) is 23.6 Å². The van der Waals surface area contributed by atoms with Crippen LogP contribution < -0.4 is 11.1 Å². The van der Waals surface area contributed by atoms with Gasteiger partial charge in [-0.15, -0.1) is 5.10 Å². The van der Waals surface area contributed by atoms with E-state index in [1.807, 2.05) is 19.1 Å². The highest BCUT2D eigenvalue weighted by molar-refractivity contribution is 7.03. The second kappa shape index (κ2) is 4.28. The van der Waals surface area contributed by atoms with Gasteiger partial charge >= 0.3 is 0 Å². The van der Waals surface area contributed by atoms with Crippen LogP contribution in [0.25, 0.3) is 0 Å². The summed E-state index contributed by atoms with van der Waals surface area (Å²) >= 11 is 1.13. The molecule has 82 valence electrons. The molecule has 6 heteroatoms. The molecule has 0 spiro atoms. The smallest absolute Gasteiger partial charge is 0.277 e. The van der Waals surface area contributed by atoms with Crippen LogP contribution in [0.1, 0.15) is 16.1 Å². The minimum Gasteiger partial charge on any atom is -0.397 e. The number of nitrogens with one attached hydrogen (secondary N) is 1. The molecule has 2 rings (SSSR count). The maximum atomic E-state index is 11.7. The maximum absolute atomic E-state index is 11.7. The summed E-state index contributed by atoms with van der Waals surface area (Å²) in [6, 6.07) is 5.45. The number of nitrogens with zero attached hydrogens (tertiary/aromatic N) is 2. The molecule has 0 saturated carbocycles. The fourth-order valence-electron chi connectivity index (χ4n) is 1.23. The van der Waals surface area contributed by atoms with Gasteiger partial charge in [-0.25, -0.2) is 0 Å². The molecule has 1 aromatic carbocycles. The molecule has 5 nitrogen and oxygen atoms in total. The molecule has 0 bridgehead atoms. The molecule has 1 amide bonds. The van der Waals surface area contributed by atoms with Gasteiger partial charge in [-0.1, -0.05) is 10.6 Å². The first-order chi connectivity index (χ1) is 7.66. The third kappa shape index (κ3) is 2.17. The lowest BCUT2D eigenvalue weighted by Crippen LogP contribution is -2.13. The quantitative estimate of drug-likeness (QED) is 0.775. The Labute approximate surface area is 96.5 Å². The number of rotatable bonds is 2. The van der Waals surface area contributed by atoms with Crippen LogP contribution in [0.4, 0.5) is 11.4 Å². The van der Waals surface area contributed by atoms with Gasteiger partial charge in [0.2, 0.25) is 0 Å². The van der Waals surface area contributed by atoms with E-state index in [9.17, 15) is 4.79 Å². The van der Waals surface area contributed by atoms with E-state index in [-0.39, 0.29) is 5.91 Å². The Balaban J connectivity index is 2.21. The Hall–Kier alpha value is -1.95. The van der Waals surface area contributed by atoms with Gasteiger partial charge in [-0.05, 0) is 36.2 Å². The summed E-state index contributed by atoms with van der Waals surface area (Å²) < 4.78 is 3.62. The van der Waals surface area contributed by atoms with E-state index >= 15 is 0 Å². The van der Waals surface area contributed by atoms with Crippen LogP contribution in [-0.4, -0.2) is 15.5 Å². The first kappa shape index (κ1) is 10.6. The number of aryl methyl sites for hydroxylation is 1. The van der Waals surface area contributed by atoms with Gasteiger partial charge in [0.25, 0.3) is 5.91 Å². The zero-order valence-electron chi connectivity index (χ0n) is 8.60. The molecular weight excluding hydrogens is 224 g/mol. The Morgan fingerprint density at radius 1 is 1.50 bits per heavy atom. The average molecular weight is 234 g/mol. The SMILES string of the molecule is Cc1ccc(N)c(NC(=O)c2csnn2)c1. The van der Waals surface area contributed by atoms with Crippen molar-refractivity contribution in [3.8, 4) is 0 Å². The number of carbonyl (C=O) groups is 1. The van der Waals surface area contributed by atoms with Crippen molar-refractivity contribution in [2.75, 3.05) is 11.1 Å². The fourth-order valence-corrected chi connectivity index (χ4v) is 1.66. The molecule has 1 aromatic heterocycles. The number of aromatic nitrogens is 2. The molecular formula is C10H10N4OS. The van der Waals surface area contributed by atoms with E-state index in [1.54, 1.807) is 11.4 Å². The largest absolute Gasteiger partial charge is 0.397 e. The molecule has 0 aliphatic rings. The fraction of sp³-hybridized carbons (Fsp3) is 0.100. The van der Waals surface area contributed by atoms with Gasteiger partial charge in [0, 0.05) is 5.38 Å². The van der Waals surface area contributed by atoms with Crippen molar-refractivity contribution in [3.05, 3.63) is 34.8 Å². The molecule has 0 fully saturated rings. The van der Waals surface area contributed by atoms with Crippen molar-refractivity contribution in [2.24, 2.45) is 0 Å². The minimum absolute atomic E-state index is 0.297. The first-order valence-corrected chi connectivity index (χ1v) is 5.45. The van der Waals surface area contributed by atoms with Crippen LogP contribution in [-0.2, 0) is 0 Å². The standard InChI is InChI=1S/C10H10N4OS/c1-6-2-3-7(11)8(4-6)12-10(15)9-5-16-14-13-9/h2-5H,11H2,1H3,(H,12,15). The highest BCUT2D eigenvalue weighted by Crippen LogP contribution is 2.20. The van der Waals surface area contributed by atoms with Gasteiger partial charge < -0.3 is 11.1 Å². The van der Waals surface area contributed by atoms with E-state index in [2.05, 4.69) is 14.9 Å². The van der Waals surface area contributed by atoms with E-state index < -0.39 is 0 Å². The van der Waals surface area contributed by atoms with E-state index in [0.717, 1.165) is 17.1 Å². The number of carbonyl (C=O) groups excluding carboxylic acids is 1. The molecule has 16 heavy (non-hydrogen) atoms. The topological polar surface area (TPSA) is 80.9 Å². The monoisotopic (exact) mass is 234 g/mol. The molecule has 0 saturated heterocycles. The number of benzene rings is 1. The number of anilines is 2. The number of hydrogen-bond donors (Lipinski definition) is 2. The summed E-state index contributed by atoms with van der Waals surface area (Å²) in [4.78, 5) is 11.7. The van der Waals surface area contributed by atoms with Gasteiger partial charge in [0.1, 0.15) is 0 Å². The van der Waals surface area contributed by atoms with Gasteiger partial charge in [-0.2, -0.15) is 0 Å². The van der Waals surface area contributed by atoms with Crippen molar-refractivity contribution in [1.29, 1.82) is 0 Å². The molecule has 0 aliphatic carbocycles. The molecule has 3 N–H and O–H groups in total. The van der Waals surface area contributed by atoms with Crippen LogP contribution >= 0.6 is 11.5 Å². The Morgan fingerprint density at radius 3 is 3.00 bits per heavy atom. The van der Waals surface area contributed by atoms with Gasteiger partial charge in [-0.3, -0.25) is 4.79 Å². The normalized spacial score (nSPS) is 10.1. The second-order valence-corrected chi connectivity index (χ2v) is 3.94. The minimum atomic E-state index is -0.300. The van der Waals surface area contributed by atoms with E-state index in [0.29, 0.717) is 17.1 Å². The summed E-state index contributed by atoms with van der Waals surface area (Å²) in [6.45, 7) is 1.93. The van der Waals surface area contributed by atoms with Crippen molar-refractivity contribution < 1.29 is 4.79 Å². The lowest BCUT2D eigenvalue weighted by atomic mass is 10.2. The van der Waals surface area contributed by atoms with Crippen LogP contribution in [0, 0.1) is 6.92 Å². The van der Waals surface area contributed by atoms with E-state index in [4.69, 9.17) is 5.73 Å². The predicted octanol–water partition coefficient (Wildman–Crippen LogP) is 1.68. The molecule has 0 radical (unpaired) electrons.